The maximum absolute atomic E-state index is 12.8. The number of aromatic nitrogens is 1. The van der Waals surface area contributed by atoms with Crippen LogP contribution in [0.1, 0.15) is 43.5 Å². The summed E-state index contributed by atoms with van der Waals surface area (Å²) in [6.45, 7) is 3.68. The monoisotopic (exact) mass is 330 g/mol. The summed E-state index contributed by atoms with van der Waals surface area (Å²) in [4.78, 5) is 36.1. The minimum Gasteiger partial charge on any atom is -0.481 e. The Labute approximate surface area is 140 Å². The van der Waals surface area contributed by atoms with Crippen LogP contribution in [0.2, 0.25) is 0 Å². The number of carboxylic acid groups (broad SMARTS) is 1. The lowest BCUT2D eigenvalue weighted by molar-refractivity contribution is -0.138. The normalized spacial score (nSPS) is 11.5. The smallest absolute Gasteiger partial charge is 0.305 e. The Hall–Kier alpha value is -2.63. The van der Waals surface area contributed by atoms with Gasteiger partial charge in [-0.25, -0.2) is 0 Å². The number of carbonyl (C=O) groups excluding carboxylic acids is 1. The van der Waals surface area contributed by atoms with Crippen LogP contribution in [0.5, 0.6) is 0 Å². The van der Waals surface area contributed by atoms with Gasteiger partial charge in [-0.2, -0.15) is 0 Å². The second-order valence-corrected chi connectivity index (χ2v) is 5.98. The quantitative estimate of drug-likeness (QED) is 0.850. The lowest BCUT2D eigenvalue weighted by Crippen LogP contribution is -2.49. The number of rotatable bonds is 6. The van der Waals surface area contributed by atoms with Gasteiger partial charge in [0.1, 0.15) is 0 Å². The van der Waals surface area contributed by atoms with Crippen molar-refractivity contribution >= 4 is 22.8 Å². The van der Waals surface area contributed by atoms with E-state index in [1.807, 2.05) is 13.8 Å². The molecule has 0 aliphatic rings. The number of amides is 1. The summed E-state index contributed by atoms with van der Waals surface area (Å²) in [5.74, 6) is -1.39. The summed E-state index contributed by atoms with van der Waals surface area (Å²) in [7, 11) is 1.65. The number of aliphatic carboxylic acids is 1. The minimum absolute atomic E-state index is 0.158. The second-order valence-electron chi connectivity index (χ2n) is 5.98. The van der Waals surface area contributed by atoms with E-state index in [1.165, 1.54) is 10.6 Å². The Kier molecular flexibility index (Phi) is 5.07. The zero-order chi connectivity index (χ0) is 17.9. The molecule has 0 atom stereocenters. The fraction of sp³-hybridized carbons (Fsp3) is 0.389. The van der Waals surface area contributed by atoms with Crippen molar-refractivity contribution in [3.63, 3.8) is 0 Å². The van der Waals surface area contributed by atoms with E-state index >= 15 is 0 Å². The molecule has 1 heterocycles. The molecule has 24 heavy (non-hydrogen) atoms. The van der Waals surface area contributed by atoms with E-state index in [0.717, 1.165) is 0 Å². The fourth-order valence-electron chi connectivity index (χ4n) is 2.92. The molecule has 1 aromatic carbocycles. The number of hydrogen-bond acceptors (Lipinski definition) is 3. The Morgan fingerprint density at radius 2 is 1.83 bits per heavy atom. The third-order valence-corrected chi connectivity index (χ3v) is 4.62. The molecule has 2 N–H and O–H groups in total. The molecule has 1 aromatic heterocycles. The topological polar surface area (TPSA) is 88.4 Å². The van der Waals surface area contributed by atoms with Crippen molar-refractivity contribution in [3.05, 3.63) is 46.2 Å². The Balaban J connectivity index is 2.50. The van der Waals surface area contributed by atoms with E-state index in [4.69, 9.17) is 5.11 Å². The van der Waals surface area contributed by atoms with Crippen LogP contribution in [0.15, 0.2) is 35.1 Å². The van der Waals surface area contributed by atoms with Crippen LogP contribution in [0.3, 0.4) is 0 Å². The Morgan fingerprint density at radius 1 is 1.21 bits per heavy atom. The molecular weight excluding hydrogens is 308 g/mol. The van der Waals surface area contributed by atoms with E-state index in [9.17, 15) is 14.4 Å². The molecule has 2 aromatic rings. The number of nitrogens with zero attached hydrogens (tertiary/aromatic N) is 1. The summed E-state index contributed by atoms with van der Waals surface area (Å²) in [6, 6.07) is 8.45. The Bertz CT molecular complexity index is 835. The predicted molar refractivity (Wildman–Crippen MR) is 92.2 cm³/mol. The molecule has 0 saturated heterocycles. The highest BCUT2D eigenvalue weighted by Gasteiger charge is 2.31. The molecular formula is C18H22N2O4. The molecule has 0 aliphatic heterocycles. The number of para-hydroxylation sites is 1. The van der Waals surface area contributed by atoms with Crippen LogP contribution >= 0.6 is 0 Å². The molecule has 0 saturated carbocycles. The average molecular weight is 330 g/mol. The van der Waals surface area contributed by atoms with Gasteiger partial charge in [-0.1, -0.05) is 32.0 Å². The van der Waals surface area contributed by atoms with Gasteiger partial charge in [-0.05, 0) is 18.9 Å². The number of fused-ring (bicyclic) bond motifs is 1. The van der Waals surface area contributed by atoms with Gasteiger partial charge in [0.05, 0.1) is 23.0 Å². The van der Waals surface area contributed by atoms with Gasteiger partial charge in [0.25, 0.3) is 11.5 Å². The van der Waals surface area contributed by atoms with Crippen LogP contribution in [0.25, 0.3) is 10.9 Å². The molecule has 6 nitrogen and oxygen atoms in total. The van der Waals surface area contributed by atoms with Crippen molar-refractivity contribution in [2.75, 3.05) is 0 Å². The number of carboxylic acids is 1. The fourth-order valence-corrected chi connectivity index (χ4v) is 2.92. The SMILES string of the molecule is CCC(CC)(CC(=O)O)NC(=O)c1cc(=O)n(C)c2ccccc12. The minimum atomic E-state index is -0.965. The maximum Gasteiger partial charge on any atom is 0.305 e. The largest absolute Gasteiger partial charge is 0.481 e. The number of pyridine rings is 1. The van der Waals surface area contributed by atoms with Crippen molar-refractivity contribution in [3.8, 4) is 0 Å². The molecule has 0 radical (unpaired) electrons. The third-order valence-electron chi connectivity index (χ3n) is 4.62. The lowest BCUT2D eigenvalue weighted by Gasteiger charge is -2.31. The highest BCUT2D eigenvalue weighted by atomic mass is 16.4. The van der Waals surface area contributed by atoms with Gasteiger partial charge in [0.2, 0.25) is 0 Å². The maximum atomic E-state index is 12.8. The zero-order valence-electron chi connectivity index (χ0n) is 14.1. The number of hydrogen-bond donors (Lipinski definition) is 2. The van der Waals surface area contributed by atoms with Gasteiger partial charge in [-0.15, -0.1) is 0 Å². The highest BCUT2D eigenvalue weighted by Crippen LogP contribution is 2.22. The van der Waals surface area contributed by atoms with Crippen molar-refractivity contribution in [1.29, 1.82) is 0 Å². The van der Waals surface area contributed by atoms with Gasteiger partial charge in [-0.3, -0.25) is 14.4 Å². The van der Waals surface area contributed by atoms with E-state index in [-0.39, 0.29) is 17.5 Å². The molecule has 0 unspecified atom stereocenters. The molecule has 0 bridgehead atoms. The van der Waals surface area contributed by atoms with Gasteiger partial charge >= 0.3 is 5.97 Å². The summed E-state index contributed by atoms with van der Waals surface area (Å²) < 4.78 is 1.48. The Morgan fingerprint density at radius 3 is 2.42 bits per heavy atom. The van der Waals surface area contributed by atoms with Crippen molar-refractivity contribution < 1.29 is 14.7 Å². The average Bonchev–Trinajstić information content (AvgIpc) is 2.56. The summed E-state index contributed by atoms with van der Waals surface area (Å²) in [6.07, 6.45) is 0.823. The molecule has 2 rings (SSSR count). The first-order valence-corrected chi connectivity index (χ1v) is 7.96. The zero-order valence-corrected chi connectivity index (χ0v) is 14.1. The van der Waals surface area contributed by atoms with Gasteiger partial charge < -0.3 is 15.0 Å². The molecule has 0 aliphatic carbocycles. The molecule has 0 fully saturated rings. The van der Waals surface area contributed by atoms with E-state index in [2.05, 4.69) is 5.32 Å². The van der Waals surface area contributed by atoms with Crippen molar-refractivity contribution in [1.82, 2.24) is 9.88 Å². The van der Waals surface area contributed by atoms with Gasteiger partial charge in [0.15, 0.2) is 0 Å². The van der Waals surface area contributed by atoms with E-state index in [0.29, 0.717) is 23.7 Å². The predicted octanol–water partition coefficient (Wildman–Crippen LogP) is 2.30. The van der Waals surface area contributed by atoms with Crippen molar-refractivity contribution in [2.24, 2.45) is 7.05 Å². The number of nitrogens with one attached hydrogen (secondary N) is 1. The standard InChI is InChI=1S/C18H22N2O4/c1-4-18(5-2,11-16(22)23)19-17(24)13-10-15(21)20(3)14-9-7-6-8-12(13)14/h6-10H,4-5,11H2,1-3H3,(H,19,24)(H,22,23). The molecule has 0 spiro atoms. The first-order chi connectivity index (χ1) is 11.3. The number of carbonyl (C=O) groups is 2. The molecule has 1 amide bonds. The van der Waals surface area contributed by atoms with E-state index in [1.54, 1.807) is 31.3 Å². The number of aryl methyl sites for hydroxylation is 1. The van der Waals surface area contributed by atoms with Crippen LogP contribution in [-0.2, 0) is 11.8 Å². The number of benzene rings is 1. The van der Waals surface area contributed by atoms with Crippen LogP contribution in [-0.4, -0.2) is 27.1 Å². The molecule has 128 valence electrons. The third kappa shape index (κ3) is 3.32. The molecule has 6 heteroatoms. The van der Waals surface area contributed by atoms with Gasteiger partial charge in [0, 0.05) is 18.5 Å². The van der Waals surface area contributed by atoms with Crippen LogP contribution in [0, 0.1) is 0 Å². The summed E-state index contributed by atoms with van der Waals surface area (Å²) in [5.41, 5.74) is -0.182. The first kappa shape index (κ1) is 17.7. The highest BCUT2D eigenvalue weighted by molar-refractivity contribution is 6.06. The summed E-state index contributed by atoms with van der Waals surface area (Å²) >= 11 is 0. The second kappa shape index (κ2) is 6.86. The lowest BCUT2D eigenvalue weighted by atomic mass is 9.88. The van der Waals surface area contributed by atoms with E-state index < -0.39 is 17.4 Å². The summed E-state index contributed by atoms with van der Waals surface area (Å²) in [5, 5.41) is 12.7. The van der Waals surface area contributed by atoms with Crippen LogP contribution in [0.4, 0.5) is 0 Å². The van der Waals surface area contributed by atoms with Crippen LogP contribution < -0.4 is 10.9 Å². The van der Waals surface area contributed by atoms with Crippen molar-refractivity contribution in [2.45, 2.75) is 38.6 Å². The first-order valence-electron chi connectivity index (χ1n) is 7.96.